The van der Waals surface area contributed by atoms with E-state index in [0.29, 0.717) is 6.61 Å². The SMILES string of the molecule is CCCC[N+](C)(C)C(C)(OCC(Cc1ccccc1)Oc1ccccc1C)C(C)(C)C. The predicted octanol–water partition coefficient (Wildman–Crippen LogP) is 6.64. The van der Waals surface area contributed by atoms with Crippen molar-refractivity contribution < 1.29 is 14.0 Å². The van der Waals surface area contributed by atoms with Crippen molar-refractivity contribution in [3.63, 3.8) is 0 Å². The fourth-order valence-electron chi connectivity index (χ4n) is 4.20. The summed E-state index contributed by atoms with van der Waals surface area (Å²) < 4.78 is 14.2. The van der Waals surface area contributed by atoms with Crippen molar-refractivity contribution in [2.45, 2.75) is 72.6 Å². The minimum Gasteiger partial charge on any atom is -0.487 e. The third kappa shape index (κ3) is 6.57. The lowest BCUT2D eigenvalue weighted by molar-refractivity contribution is -0.975. The van der Waals surface area contributed by atoms with Gasteiger partial charge < -0.3 is 14.0 Å². The Balaban J connectivity index is 2.27. The third-order valence-electron chi connectivity index (χ3n) is 6.86. The Morgan fingerprint density at radius 3 is 2.10 bits per heavy atom. The Bertz CT molecular complexity index is 794. The van der Waals surface area contributed by atoms with Gasteiger partial charge >= 0.3 is 0 Å². The number of unbranched alkanes of at least 4 members (excludes halogenated alkanes) is 1. The molecule has 0 N–H and O–H groups in total. The standard InChI is InChI=1S/C28H44NO2/c1-9-10-20-29(7,8)28(6,27(3,4)5)30-22-25(21-24-17-12-11-13-18-24)31-26-19-15-14-16-23(26)2/h11-19,25H,9-10,20-22H2,1-8H3/q+1. The van der Waals surface area contributed by atoms with Crippen molar-refractivity contribution in [1.29, 1.82) is 0 Å². The summed E-state index contributed by atoms with van der Waals surface area (Å²) in [5, 5.41) is 0. The maximum atomic E-state index is 6.85. The molecule has 0 aliphatic heterocycles. The maximum Gasteiger partial charge on any atom is 0.204 e. The number of hydrogen-bond acceptors (Lipinski definition) is 2. The van der Waals surface area contributed by atoms with Gasteiger partial charge in [-0.25, -0.2) is 0 Å². The van der Waals surface area contributed by atoms with E-state index in [-0.39, 0.29) is 17.2 Å². The molecule has 0 saturated heterocycles. The van der Waals surface area contributed by atoms with E-state index in [4.69, 9.17) is 9.47 Å². The number of quaternary nitrogens is 1. The maximum absolute atomic E-state index is 6.85. The van der Waals surface area contributed by atoms with E-state index in [2.05, 4.69) is 104 Å². The highest BCUT2D eigenvalue weighted by Gasteiger charge is 2.52. The molecule has 2 atom stereocenters. The second-order valence-electron chi connectivity index (χ2n) is 10.5. The van der Waals surface area contributed by atoms with Crippen LogP contribution in [0, 0.1) is 12.3 Å². The van der Waals surface area contributed by atoms with E-state index in [1.807, 2.05) is 6.07 Å². The Morgan fingerprint density at radius 1 is 0.903 bits per heavy atom. The molecule has 3 nitrogen and oxygen atoms in total. The summed E-state index contributed by atoms with van der Waals surface area (Å²) in [6, 6.07) is 18.8. The van der Waals surface area contributed by atoms with Gasteiger partial charge in [-0.2, -0.15) is 0 Å². The van der Waals surface area contributed by atoms with E-state index < -0.39 is 0 Å². The summed E-state index contributed by atoms with van der Waals surface area (Å²) in [6.45, 7) is 15.1. The molecule has 0 heterocycles. The zero-order chi connectivity index (χ0) is 23.1. The van der Waals surface area contributed by atoms with Gasteiger partial charge in [-0.3, -0.25) is 0 Å². The summed E-state index contributed by atoms with van der Waals surface area (Å²) in [5.41, 5.74) is 2.05. The zero-order valence-electron chi connectivity index (χ0n) is 21.1. The molecule has 0 saturated carbocycles. The quantitative estimate of drug-likeness (QED) is 0.296. The fraction of sp³-hybridized carbons (Fsp3) is 0.571. The smallest absolute Gasteiger partial charge is 0.204 e. The van der Waals surface area contributed by atoms with Crippen molar-refractivity contribution >= 4 is 0 Å². The second-order valence-corrected chi connectivity index (χ2v) is 10.5. The van der Waals surface area contributed by atoms with E-state index in [1.54, 1.807) is 0 Å². The van der Waals surface area contributed by atoms with Gasteiger partial charge in [0.25, 0.3) is 0 Å². The summed E-state index contributed by atoms with van der Waals surface area (Å²) in [6.07, 6.45) is 3.14. The van der Waals surface area contributed by atoms with Gasteiger partial charge in [-0.15, -0.1) is 0 Å². The number of hydrogen-bond donors (Lipinski definition) is 0. The van der Waals surface area contributed by atoms with Crippen LogP contribution in [0.2, 0.25) is 0 Å². The molecule has 2 unspecified atom stereocenters. The molecule has 2 rings (SSSR count). The molecule has 2 aromatic carbocycles. The summed E-state index contributed by atoms with van der Waals surface area (Å²) in [7, 11) is 4.60. The van der Waals surface area contributed by atoms with Crippen LogP contribution in [-0.4, -0.2) is 43.6 Å². The predicted molar refractivity (Wildman–Crippen MR) is 131 cm³/mol. The molecule has 0 fully saturated rings. The molecular formula is C28H44NO2+. The van der Waals surface area contributed by atoms with Crippen LogP contribution in [0.25, 0.3) is 0 Å². The summed E-state index contributed by atoms with van der Waals surface area (Å²) in [5.74, 6) is 0.934. The molecule has 0 spiro atoms. The average Bonchev–Trinajstić information content (AvgIpc) is 2.71. The highest BCUT2D eigenvalue weighted by molar-refractivity contribution is 5.32. The van der Waals surface area contributed by atoms with E-state index in [9.17, 15) is 0 Å². The van der Waals surface area contributed by atoms with Crippen LogP contribution in [0.5, 0.6) is 5.75 Å². The van der Waals surface area contributed by atoms with Crippen LogP contribution in [0.1, 0.15) is 58.6 Å². The number of para-hydroxylation sites is 1. The van der Waals surface area contributed by atoms with Gasteiger partial charge in [0.05, 0.1) is 27.2 Å². The van der Waals surface area contributed by atoms with Gasteiger partial charge in [0.1, 0.15) is 11.9 Å². The lowest BCUT2D eigenvalue weighted by Crippen LogP contribution is -2.66. The Kier molecular flexibility index (Phi) is 8.73. The van der Waals surface area contributed by atoms with Gasteiger partial charge in [0.15, 0.2) is 0 Å². The molecule has 172 valence electrons. The van der Waals surface area contributed by atoms with Crippen molar-refractivity contribution in [2.75, 3.05) is 27.2 Å². The number of aryl methyl sites for hydroxylation is 1. The molecule has 3 heteroatoms. The number of nitrogens with zero attached hydrogens (tertiary/aromatic N) is 1. The Labute approximate surface area is 191 Å². The van der Waals surface area contributed by atoms with E-state index >= 15 is 0 Å². The summed E-state index contributed by atoms with van der Waals surface area (Å²) >= 11 is 0. The lowest BCUT2D eigenvalue weighted by Gasteiger charge is -2.53. The topological polar surface area (TPSA) is 18.5 Å². The zero-order valence-corrected chi connectivity index (χ0v) is 21.1. The van der Waals surface area contributed by atoms with E-state index in [0.717, 1.165) is 28.8 Å². The first kappa shape index (κ1) is 25.4. The molecule has 0 aromatic heterocycles. The Hall–Kier alpha value is -1.84. The van der Waals surface area contributed by atoms with Crippen LogP contribution in [-0.2, 0) is 11.2 Å². The number of rotatable bonds is 11. The molecule has 0 aliphatic carbocycles. The second kappa shape index (κ2) is 10.7. The number of benzene rings is 2. The highest BCUT2D eigenvalue weighted by Crippen LogP contribution is 2.40. The lowest BCUT2D eigenvalue weighted by atomic mass is 9.81. The first-order chi connectivity index (χ1) is 14.5. The third-order valence-corrected chi connectivity index (χ3v) is 6.86. The van der Waals surface area contributed by atoms with Gasteiger partial charge in [-0.1, -0.05) is 82.6 Å². The highest BCUT2D eigenvalue weighted by atomic mass is 16.6. The van der Waals surface area contributed by atoms with Gasteiger partial charge in [0.2, 0.25) is 5.72 Å². The van der Waals surface area contributed by atoms with Crippen molar-refractivity contribution in [3.8, 4) is 5.75 Å². The minimum absolute atomic E-state index is 0.0236. The molecule has 0 amide bonds. The van der Waals surface area contributed by atoms with Crippen LogP contribution in [0.3, 0.4) is 0 Å². The first-order valence-electron chi connectivity index (χ1n) is 11.7. The van der Waals surface area contributed by atoms with Crippen molar-refractivity contribution in [1.82, 2.24) is 0 Å². The van der Waals surface area contributed by atoms with Gasteiger partial charge in [-0.05, 0) is 30.5 Å². The molecule has 0 radical (unpaired) electrons. The number of ether oxygens (including phenoxy) is 2. The molecule has 0 bridgehead atoms. The minimum atomic E-state index is -0.341. The monoisotopic (exact) mass is 426 g/mol. The molecule has 0 aliphatic rings. The first-order valence-corrected chi connectivity index (χ1v) is 11.7. The largest absolute Gasteiger partial charge is 0.487 e. The van der Waals surface area contributed by atoms with Crippen LogP contribution < -0.4 is 4.74 Å². The molecule has 2 aromatic rings. The van der Waals surface area contributed by atoms with Crippen molar-refractivity contribution in [2.24, 2.45) is 5.41 Å². The molecule has 31 heavy (non-hydrogen) atoms. The van der Waals surface area contributed by atoms with Crippen LogP contribution >= 0.6 is 0 Å². The van der Waals surface area contributed by atoms with Crippen LogP contribution in [0.4, 0.5) is 0 Å². The van der Waals surface area contributed by atoms with E-state index in [1.165, 1.54) is 18.4 Å². The van der Waals surface area contributed by atoms with Crippen LogP contribution in [0.15, 0.2) is 54.6 Å². The van der Waals surface area contributed by atoms with Gasteiger partial charge in [0, 0.05) is 18.8 Å². The molecular weight excluding hydrogens is 382 g/mol. The fourth-order valence-corrected chi connectivity index (χ4v) is 4.20. The summed E-state index contributed by atoms with van der Waals surface area (Å²) in [4.78, 5) is 0. The average molecular weight is 427 g/mol. The van der Waals surface area contributed by atoms with Crippen molar-refractivity contribution in [3.05, 3.63) is 65.7 Å². The Morgan fingerprint density at radius 2 is 1.52 bits per heavy atom. The normalized spacial score (nSPS) is 15.4.